The average Bonchev–Trinajstić information content (AvgIpc) is 2.48. The van der Waals surface area contributed by atoms with Gasteiger partial charge in [-0.1, -0.05) is 42.5 Å². The number of ether oxygens (including phenoxy) is 1. The molecule has 1 atom stereocenters. The normalized spacial score (nSPS) is 18.9. The van der Waals surface area contributed by atoms with E-state index in [1.165, 1.54) is 11.1 Å². The number of hydrogen-bond donors (Lipinski definition) is 1. The Morgan fingerprint density at radius 2 is 1.79 bits per heavy atom. The fraction of sp³-hybridized carbons (Fsp3) is 0.250. The molecule has 0 aliphatic carbocycles. The summed E-state index contributed by atoms with van der Waals surface area (Å²) < 4.78 is 5.67. The first-order valence-electron chi connectivity index (χ1n) is 6.57. The van der Waals surface area contributed by atoms with Gasteiger partial charge >= 0.3 is 0 Å². The molecular weight excluding hydrogens is 236 g/mol. The van der Waals surface area contributed by atoms with E-state index in [9.17, 15) is 0 Å². The van der Waals surface area contributed by atoms with Gasteiger partial charge < -0.3 is 10.2 Å². The lowest BCUT2D eigenvalue weighted by atomic mass is 9.99. The number of anilines is 1. The van der Waals surface area contributed by atoms with Crippen molar-refractivity contribution in [3.05, 3.63) is 65.7 Å². The first-order valence-corrected chi connectivity index (χ1v) is 6.57. The maximum absolute atomic E-state index is 5.67. The van der Waals surface area contributed by atoms with Gasteiger partial charge in [-0.2, -0.15) is 5.01 Å². The number of hydrogen-bond acceptors (Lipinski definition) is 3. The zero-order valence-corrected chi connectivity index (χ0v) is 11.0. The summed E-state index contributed by atoms with van der Waals surface area (Å²) in [5.74, 6) is 0. The number of rotatable bonds is 3. The summed E-state index contributed by atoms with van der Waals surface area (Å²) in [5.41, 5.74) is 7.14. The van der Waals surface area contributed by atoms with Gasteiger partial charge in [-0.3, -0.25) is 0 Å². The molecule has 3 rings (SSSR count). The molecule has 2 aromatic rings. The van der Waals surface area contributed by atoms with Gasteiger partial charge in [0, 0.05) is 24.9 Å². The van der Waals surface area contributed by atoms with Crippen molar-refractivity contribution in [1.29, 1.82) is 0 Å². The zero-order valence-electron chi connectivity index (χ0n) is 11.0. The highest BCUT2D eigenvalue weighted by molar-refractivity contribution is 5.42. The van der Waals surface area contributed by atoms with Gasteiger partial charge in [0.05, 0.1) is 0 Å². The summed E-state index contributed by atoms with van der Waals surface area (Å²) in [5, 5.41) is 2.15. The lowest BCUT2D eigenvalue weighted by Crippen LogP contribution is -2.40. The molecular formula is C16H18N2O. The third kappa shape index (κ3) is 2.48. The molecule has 0 unspecified atom stereocenters. The van der Waals surface area contributed by atoms with Gasteiger partial charge in [-0.25, -0.2) is 0 Å². The molecule has 3 heteroatoms. The van der Waals surface area contributed by atoms with Crippen molar-refractivity contribution < 1.29 is 4.74 Å². The first-order chi connectivity index (χ1) is 9.38. The summed E-state index contributed by atoms with van der Waals surface area (Å²) in [6, 6.07) is 18.7. The molecule has 0 saturated heterocycles. The van der Waals surface area contributed by atoms with E-state index in [1.807, 2.05) is 18.2 Å². The van der Waals surface area contributed by atoms with E-state index >= 15 is 0 Å². The Bertz CT molecular complexity index is 541. The quantitative estimate of drug-likeness (QED) is 0.910. The second-order valence-electron chi connectivity index (χ2n) is 4.71. The Hall–Kier alpha value is -1.84. The maximum atomic E-state index is 5.67. The monoisotopic (exact) mass is 254 g/mol. The molecule has 1 heterocycles. The fourth-order valence-corrected chi connectivity index (χ4v) is 2.58. The topological polar surface area (TPSA) is 24.5 Å². The highest BCUT2D eigenvalue weighted by atomic mass is 16.5. The number of nitrogens with zero attached hydrogens (tertiary/aromatic N) is 1. The lowest BCUT2D eigenvalue weighted by molar-refractivity contribution is -0.0272. The summed E-state index contributed by atoms with van der Waals surface area (Å²) >= 11 is 0. The van der Waals surface area contributed by atoms with Crippen LogP contribution in [0.4, 0.5) is 5.69 Å². The minimum Gasteiger partial charge on any atom is -0.360 e. The lowest BCUT2D eigenvalue weighted by Gasteiger charge is -2.36. The van der Waals surface area contributed by atoms with Crippen LogP contribution in [0, 0.1) is 0 Å². The van der Waals surface area contributed by atoms with Crippen molar-refractivity contribution >= 4 is 5.69 Å². The van der Waals surface area contributed by atoms with Crippen LogP contribution in [-0.2, 0) is 11.2 Å². The van der Waals surface area contributed by atoms with Crippen LogP contribution < -0.4 is 5.43 Å². The Labute approximate surface area is 113 Å². The van der Waals surface area contributed by atoms with Crippen LogP contribution >= 0.6 is 0 Å². The molecule has 0 bridgehead atoms. The van der Waals surface area contributed by atoms with Crippen LogP contribution in [0.3, 0.4) is 0 Å². The summed E-state index contributed by atoms with van der Waals surface area (Å²) in [4.78, 5) is 0. The molecule has 1 aliphatic rings. The second-order valence-corrected chi connectivity index (χ2v) is 4.71. The number of para-hydroxylation sites is 1. The Morgan fingerprint density at radius 3 is 2.58 bits per heavy atom. The highest BCUT2D eigenvalue weighted by Crippen LogP contribution is 2.30. The average molecular weight is 254 g/mol. The minimum atomic E-state index is -0.0369. The Balaban J connectivity index is 1.84. The van der Waals surface area contributed by atoms with Gasteiger partial charge in [-0.15, -0.1) is 0 Å². The number of benzene rings is 2. The fourth-order valence-electron chi connectivity index (χ4n) is 2.58. The molecule has 0 amide bonds. The van der Waals surface area contributed by atoms with E-state index < -0.39 is 0 Å². The van der Waals surface area contributed by atoms with Gasteiger partial charge in [0.1, 0.15) is 0 Å². The van der Waals surface area contributed by atoms with Crippen LogP contribution in [0.25, 0.3) is 0 Å². The standard InChI is InChI=1S/C16H18N2O/c1-19-16-15-10-6-5-7-13(15)11-12-18(16)17-14-8-3-2-4-9-14/h2-10,16-17H,11-12H2,1H3/t16-/m1/s1. The summed E-state index contributed by atoms with van der Waals surface area (Å²) in [7, 11) is 1.76. The van der Waals surface area contributed by atoms with Crippen molar-refractivity contribution in [2.45, 2.75) is 12.6 Å². The van der Waals surface area contributed by atoms with Crippen LogP contribution in [0.2, 0.25) is 0 Å². The van der Waals surface area contributed by atoms with E-state index in [1.54, 1.807) is 7.11 Å². The number of methoxy groups -OCH3 is 1. The smallest absolute Gasteiger partial charge is 0.152 e. The minimum absolute atomic E-state index is 0.0369. The van der Waals surface area contributed by atoms with Crippen LogP contribution in [0.5, 0.6) is 0 Å². The third-order valence-electron chi connectivity index (χ3n) is 3.50. The van der Waals surface area contributed by atoms with E-state index in [0.717, 1.165) is 18.7 Å². The van der Waals surface area contributed by atoms with E-state index in [2.05, 4.69) is 46.8 Å². The van der Waals surface area contributed by atoms with Crippen molar-refractivity contribution in [2.75, 3.05) is 19.1 Å². The molecule has 0 radical (unpaired) electrons. The predicted octanol–water partition coefficient (Wildman–Crippen LogP) is 3.22. The molecule has 19 heavy (non-hydrogen) atoms. The molecule has 98 valence electrons. The van der Waals surface area contributed by atoms with Crippen molar-refractivity contribution in [2.24, 2.45) is 0 Å². The summed E-state index contributed by atoms with van der Waals surface area (Å²) in [6.07, 6.45) is 1.00. The van der Waals surface area contributed by atoms with E-state index in [-0.39, 0.29) is 6.23 Å². The Kier molecular flexibility index (Phi) is 3.49. The number of fused-ring (bicyclic) bond motifs is 1. The molecule has 0 aromatic heterocycles. The molecule has 2 aromatic carbocycles. The molecule has 0 saturated carbocycles. The maximum Gasteiger partial charge on any atom is 0.152 e. The van der Waals surface area contributed by atoms with Crippen LogP contribution in [0.15, 0.2) is 54.6 Å². The molecule has 0 fully saturated rings. The van der Waals surface area contributed by atoms with E-state index in [0.29, 0.717) is 0 Å². The molecule has 3 nitrogen and oxygen atoms in total. The number of nitrogens with one attached hydrogen (secondary N) is 1. The number of hydrazine groups is 1. The van der Waals surface area contributed by atoms with Gasteiger partial charge in [0.25, 0.3) is 0 Å². The predicted molar refractivity (Wildman–Crippen MR) is 76.7 cm³/mol. The van der Waals surface area contributed by atoms with Crippen LogP contribution in [-0.4, -0.2) is 18.7 Å². The largest absolute Gasteiger partial charge is 0.360 e. The molecule has 0 spiro atoms. The Morgan fingerprint density at radius 1 is 1.05 bits per heavy atom. The van der Waals surface area contributed by atoms with Crippen LogP contribution in [0.1, 0.15) is 17.4 Å². The SMILES string of the molecule is CO[C@@H]1c2ccccc2CCN1Nc1ccccc1. The first kappa shape index (κ1) is 12.2. The van der Waals surface area contributed by atoms with Gasteiger partial charge in [-0.05, 0) is 24.1 Å². The zero-order chi connectivity index (χ0) is 13.1. The van der Waals surface area contributed by atoms with Crippen molar-refractivity contribution in [3.63, 3.8) is 0 Å². The van der Waals surface area contributed by atoms with Crippen molar-refractivity contribution in [3.8, 4) is 0 Å². The second kappa shape index (κ2) is 5.43. The molecule has 1 aliphatic heterocycles. The molecule has 1 N–H and O–H groups in total. The summed E-state index contributed by atoms with van der Waals surface area (Å²) in [6.45, 7) is 0.935. The van der Waals surface area contributed by atoms with Gasteiger partial charge in [0.2, 0.25) is 0 Å². The van der Waals surface area contributed by atoms with Crippen molar-refractivity contribution in [1.82, 2.24) is 5.01 Å². The van der Waals surface area contributed by atoms with Gasteiger partial charge in [0.15, 0.2) is 6.23 Å². The highest BCUT2D eigenvalue weighted by Gasteiger charge is 2.26. The third-order valence-corrected chi connectivity index (χ3v) is 3.50. The van der Waals surface area contributed by atoms with E-state index in [4.69, 9.17) is 4.74 Å².